The van der Waals surface area contributed by atoms with Gasteiger partial charge in [-0.15, -0.1) is 11.3 Å². The molecule has 0 radical (unpaired) electrons. The van der Waals surface area contributed by atoms with Gasteiger partial charge >= 0.3 is 0 Å². The summed E-state index contributed by atoms with van der Waals surface area (Å²) in [5.41, 5.74) is 12.9. The summed E-state index contributed by atoms with van der Waals surface area (Å²) in [5.74, 6) is -0.885. The molecule has 8 nitrogen and oxygen atoms in total. The molecule has 1 saturated heterocycles. The number of aromatic nitrogens is 4. The number of imidazole rings is 1. The number of fused-ring (bicyclic) bond motifs is 1. The van der Waals surface area contributed by atoms with E-state index in [1.807, 2.05) is 66.3 Å². The number of carbonyl (C=O) groups excluding carboxylic acids is 1. The molecule has 238 valence electrons. The maximum atomic E-state index is 14.4. The van der Waals surface area contributed by atoms with Crippen molar-refractivity contribution < 1.29 is 18.1 Å². The molecule has 12 heteroatoms. The molecule has 0 unspecified atom stereocenters. The van der Waals surface area contributed by atoms with E-state index in [9.17, 15) is 13.6 Å². The number of thiazole rings is 1. The van der Waals surface area contributed by atoms with E-state index in [0.717, 1.165) is 57.7 Å². The first-order valence-corrected chi connectivity index (χ1v) is 16.5. The van der Waals surface area contributed by atoms with E-state index in [-0.39, 0.29) is 11.6 Å². The molecule has 3 aromatic heterocycles. The zero-order valence-corrected chi connectivity index (χ0v) is 27.3. The van der Waals surface area contributed by atoms with Gasteiger partial charge in [-0.1, -0.05) is 47.7 Å². The number of hydrogen-bond acceptors (Lipinski definition) is 7. The highest BCUT2D eigenvalue weighted by atomic mass is 32.1. The number of nitrogens with zero attached hydrogens (tertiary/aromatic N) is 5. The summed E-state index contributed by atoms with van der Waals surface area (Å²) in [5, 5.41) is 6.78. The highest BCUT2D eigenvalue weighted by Gasteiger charge is 2.35. The van der Waals surface area contributed by atoms with Gasteiger partial charge in [0.15, 0.2) is 16.8 Å². The SMILES string of the molecule is Cc1noc(C)c1-c1ccc2c(c1)nc([C@@H]1CCCC(=O)N1c1ccc(F)c(F)c1)n2-c1nc(-c2ccc(CCC(N)=S)cc2)cs1. The Kier molecular flexibility index (Phi) is 8.15. The van der Waals surface area contributed by atoms with Crippen molar-refractivity contribution in [2.75, 3.05) is 4.90 Å². The van der Waals surface area contributed by atoms with Crippen LogP contribution in [0.1, 0.15) is 54.6 Å². The summed E-state index contributed by atoms with van der Waals surface area (Å²) in [6.07, 6.45) is 2.92. The molecule has 3 aromatic carbocycles. The zero-order valence-electron chi connectivity index (χ0n) is 25.7. The molecule has 6 aromatic rings. The number of aryl methyl sites for hydroxylation is 3. The summed E-state index contributed by atoms with van der Waals surface area (Å²) in [4.78, 5) is 25.6. The quantitative estimate of drug-likeness (QED) is 0.163. The number of carbonyl (C=O) groups is 1. The Morgan fingerprint density at radius 1 is 1.04 bits per heavy atom. The molecule has 1 aliphatic rings. The van der Waals surface area contributed by atoms with Crippen LogP contribution in [0.4, 0.5) is 14.5 Å². The summed E-state index contributed by atoms with van der Waals surface area (Å²) in [6, 6.07) is 17.1. The first-order chi connectivity index (χ1) is 22.7. The van der Waals surface area contributed by atoms with Crippen molar-refractivity contribution in [1.82, 2.24) is 19.7 Å². The van der Waals surface area contributed by atoms with Crippen LogP contribution in [0.25, 0.3) is 38.5 Å². The number of anilines is 1. The minimum Gasteiger partial charge on any atom is -0.393 e. The summed E-state index contributed by atoms with van der Waals surface area (Å²) < 4.78 is 35.8. The van der Waals surface area contributed by atoms with Crippen LogP contribution in [0.15, 0.2) is 70.6 Å². The van der Waals surface area contributed by atoms with E-state index in [4.69, 9.17) is 32.4 Å². The van der Waals surface area contributed by atoms with E-state index in [1.165, 1.54) is 17.4 Å². The minimum absolute atomic E-state index is 0.183. The third kappa shape index (κ3) is 5.83. The fourth-order valence-electron chi connectivity index (χ4n) is 6.26. The van der Waals surface area contributed by atoms with Crippen molar-refractivity contribution >= 4 is 51.2 Å². The van der Waals surface area contributed by atoms with Crippen molar-refractivity contribution in [2.24, 2.45) is 5.73 Å². The number of hydrogen-bond donors (Lipinski definition) is 1. The van der Waals surface area contributed by atoms with Crippen LogP contribution in [0.5, 0.6) is 0 Å². The van der Waals surface area contributed by atoms with Gasteiger partial charge < -0.3 is 15.2 Å². The molecular formula is C35H30F2N6O2S2. The fourth-order valence-corrected chi connectivity index (χ4v) is 7.21. The van der Waals surface area contributed by atoms with E-state index >= 15 is 0 Å². The van der Waals surface area contributed by atoms with E-state index < -0.39 is 17.7 Å². The van der Waals surface area contributed by atoms with Crippen molar-refractivity contribution in [1.29, 1.82) is 0 Å². The molecule has 1 amide bonds. The smallest absolute Gasteiger partial charge is 0.227 e. The number of rotatable bonds is 8. The lowest BCUT2D eigenvalue weighted by atomic mass is 9.99. The third-order valence-corrected chi connectivity index (χ3v) is 9.55. The molecule has 47 heavy (non-hydrogen) atoms. The van der Waals surface area contributed by atoms with Gasteiger partial charge in [0.1, 0.15) is 11.6 Å². The standard InChI is InChI=1S/C35H30F2N6O2S2/c1-19-33(20(2)45-41-19)23-11-14-29-27(16-23)39-34(30-4-3-5-32(44)42(30)24-12-13-25(36)26(37)17-24)43(29)35-40-28(18-47-35)22-9-6-21(7-10-22)8-15-31(38)46/h6-7,9-14,16-18,30H,3-5,8,15H2,1-2H3,(H2,38,46)/t30-/m0/s1. The lowest BCUT2D eigenvalue weighted by Crippen LogP contribution is -2.39. The number of thiocarbonyl (C=S) groups is 1. The molecule has 0 saturated carbocycles. The van der Waals surface area contributed by atoms with Gasteiger partial charge in [-0.3, -0.25) is 9.36 Å². The van der Waals surface area contributed by atoms with Crippen LogP contribution in [0, 0.1) is 25.5 Å². The number of nitrogens with two attached hydrogens (primary N) is 1. The Morgan fingerprint density at radius 2 is 1.83 bits per heavy atom. The molecule has 1 fully saturated rings. The Hall–Kier alpha value is -4.81. The Bertz CT molecular complexity index is 2130. The van der Waals surface area contributed by atoms with Gasteiger partial charge in [-0.25, -0.2) is 18.7 Å². The Morgan fingerprint density at radius 3 is 2.55 bits per heavy atom. The van der Waals surface area contributed by atoms with Gasteiger partial charge in [-0.05, 0) is 68.5 Å². The minimum atomic E-state index is -1.02. The van der Waals surface area contributed by atoms with Gasteiger partial charge in [-0.2, -0.15) is 0 Å². The van der Waals surface area contributed by atoms with Crippen molar-refractivity contribution in [2.45, 2.75) is 52.0 Å². The van der Waals surface area contributed by atoms with Crippen molar-refractivity contribution in [3.05, 3.63) is 101 Å². The van der Waals surface area contributed by atoms with Crippen molar-refractivity contribution in [3.63, 3.8) is 0 Å². The summed E-state index contributed by atoms with van der Waals surface area (Å²) in [6.45, 7) is 3.76. The maximum Gasteiger partial charge on any atom is 0.227 e. The van der Waals surface area contributed by atoms with Gasteiger partial charge in [0, 0.05) is 41.1 Å². The predicted molar refractivity (Wildman–Crippen MR) is 183 cm³/mol. The second-order valence-electron chi connectivity index (χ2n) is 11.7. The molecule has 2 N–H and O–H groups in total. The number of piperidine rings is 1. The fraction of sp³-hybridized carbons (Fsp3) is 0.229. The number of amides is 1. The summed E-state index contributed by atoms with van der Waals surface area (Å²) >= 11 is 6.49. The third-order valence-electron chi connectivity index (χ3n) is 8.52. The molecule has 0 aliphatic carbocycles. The van der Waals surface area contributed by atoms with Crippen LogP contribution < -0.4 is 10.6 Å². The Labute approximate surface area is 278 Å². The summed E-state index contributed by atoms with van der Waals surface area (Å²) in [7, 11) is 0. The van der Waals surface area contributed by atoms with Gasteiger partial charge in [0.05, 0.1) is 33.5 Å². The molecule has 1 atom stereocenters. The first kappa shape index (κ1) is 30.8. The number of halogens is 2. The second-order valence-corrected chi connectivity index (χ2v) is 13.0. The largest absolute Gasteiger partial charge is 0.393 e. The van der Waals surface area contributed by atoms with E-state index in [1.54, 1.807) is 4.90 Å². The second kappa shape index (κ2) is 12.4. The first-order valence-electron chi connectivity index (χ1n) is 15.2. The molecule has 0 bridgehead atoms. The molecule has 4 heterocycles. The van der Waals surface area contributed by atoms with Crippen LogP contribution in [-0.2, 0) is 11.2 Å². The highest BCUT2D eigenvalue weighted by molar-refractivity contribution is 7.80. The van der Waals surface area contributed by atoms with Crippen LogP contribution in [-0.4, -0.2) is 30.6 Å². The molecule has 1 aliphatic heterocycles. The molecular weight excluding hydrogens is 639 g/mol. The van der Waals surface area contributed by atoms with E-state index in [2.05, 4.69) is 5.16 Å². The average Bonchev–Trinajstić information content (AvgIpc) is 3.78. The van der Waals surface area contributed by atoms with Gasteiger partial charge in [0.25, 0.3) is 0 Å². The van der Waals surface area contributed by atoms with Crippen LogP contribution >= 0.6 is 23.6 Å². The normalized spacial score (nSPS) is 15.1. The maximum absolute atomic E-state index is 14.4. The topological polar surface area (TPSA) is 103 Å². The average molecular weight is 669 g/mol. The van der Waals surface area contributed by atoms with E-state index in [0.29, 0.717) is 52.9 Å². The highest BCUT2D eigenvalue weighted by Crippen LogP contribution is 2.40. The van der Waals surface area contributed by atoms with Crippen LogP contribution in [0.2, 0.25) is 0 Å². The lowest BCUT2D eigenvalue weighted by Gasteiger charge is -2.35. The number of benzene rings is 3. The monoisotopic (exact) mass is 668 g/mol. The molecule has 0 spiro atoms. The van der Waals surface area contributed by atoms with Gasteiger partial charge in [0.2, 0.25) is 5.91 Å². The lowest BCUT2D eigenvalue weighted by molar-refractivity contribution is -0.120. The zero-order chi connectivity index (χ0) is 32.8. The van der Waals surface area contributed by atoms with Crippen LogP contribution in [0.3, 0.4) is 0 Å². The molecule has 7 rings (SSSR count). The van der Waals surface area contributed by atoms with Crippen molar-refractivity contribution in [3.8, 4) is 27.5 Å². The Balaban J connectivity index is 1.36. The predicted octanol–water partition coefficient (Wildman–Crippen LogP) is 8.18.